The van der Waals surface area contributed by atoms with Gasteiger partial charge in [-0.15, -0.1) is 6.58 Å². The van der Waals surface area contributed by atoms with Crippen LogP contribution in [0.25, 0.3) is 0 Å². The summed E-state index contributed by atoms with van der Waals surface area (Å²) in [6, 6.07) is 26.7. The Morgan fingerprint density at radius 3 is 2.19 bits per heavy atom. The van der Waals surface area contributed by atoms with Gasteiger partial charge in [0, 0.05) is 7.11 Å². The summed E-state index contributed by atoms with van der Waals surface area (Å²) >= 11 is 0. The van der Waals surface area contributed by atoms with Crippen LogP contribution in [0.2, 0.25) is 0 Å². The summed E-state index contributed by atoms with van der Waals surface area (Å²) < 4.78 is 24.9. The van der Waals surface area contributed by atoms with Crippen molar-refractivity contribution in [3.8, 4) is 0 Å². The molecule has 1 N–H and O–H groups in total. The lowest BCUT2D eigenvalue weighted by molar-refractivity contribution is -0.150. The molecule has 1 aliphatic heterocycles. The molecule has 0 spiro atoms. The first-order chi connectivity index (χ1) is 17.6. The minimum absolute atomic E-state index is 0.184. The number of carboxylic acid groups (broad SMARTS) is 1. The zero-order valence-corrected chi connectivity index (χ0v) is 20.4. The van der Waals surface area contributed by atoms with Gasteiger partial charge >= 0.3 is 5.97 Å². The van der Waals surface area contributed by atoms with E-state index in [1.54, 1.807) is 25.3 Å². The fraction of sp³-hybridized carbons (Fsp3) is 0.300. The Kier molecular flexibility index (Phi) is 8.67. The number of aromatic carboxylic acids is 1. The van der Waals surface area contributed by atoms with Gasteiger partial charge in [0.15, 0.2) is 6.29 Å². The molecule has 0 saturated carbocycles. The third-order valence-corrected chi connectivity index (χ3v) is 6.59. The van der Waals surface area contributed by atoms with Crippen molar-refractivity contribution in [2.45, 2.75) is 43.5 Å². The predicted octanol–water partition coefficient (Wildman–Crippen LogP) is 5.37. The van der Waals surface area contributed by atoms with Gasteiger partial charge in [-0.1, -0.05) is 84.9 Å². The molecule has 0 radical (unpaired) electrons. The maximum absolute atomic E-state index is 12.2. The van der Waals surface area contributed by atoms with Crippen molar-refractivity contribution in [3.63, 3.8) is 0 Å². The normalized spacial score (nSPS) is 23.4. The van der Waals surface area contributed by atoms with Crippen LogP contribution in [0.3, 0.4) is 0 Å². The second-order valence-electron chi connectivity index (χ2n) is 8.84. The van der Waals surface area contributed by atoms with Gasteiger partial charge in [0.25, 0.3) is 0 Å². The van der Waals surface area contributed by atoms with E-state index >= 15 is 0 Å². The van der Waals surface area contributed by atoms with Gasteiger partial charge in [0.1, 0.15) is 12.2 Å². The van der Waals surface area contributed by atoms with Crippen LogP contribution in [0.5, 0.6) is 0 Å². The molecule has 6 heteroatoms. The molecular weight excluding hydrogens is 456 g/mol. The number of ether oxygens (including phenoxy) is 4. The highest BCUT2D eigenvalue weighted by Gasteiger charge is 2.59. The standard InChI is InChI=1S/C30H32O6/c1-3-18-30(25-17-11-10-16-24(25)28(31)32)27(35-20-23-14-8-5-9-15-23)26(36-29(30)33-2)21-34-19-22-12-6-4-7-13-22/h3-17,26-27,29H,1,18-21H2,2H3,(H,31,32)/t26-,27+,29+,30-/m1/s1. The molecule has 0 bridgehead atoms. The summed E-state index contributed by atoms with van der Waals surface area (Å²) in [7, 11) is 1.56. The van der Waals surface area contributed by atoms with Crippen LogP contribution in [0, 0.1) is 0 Å². The zero-order chi connectivity index (χ0) is 25.4. The number of methoxy groups -OCH3 is 1. The highest BCUT2D eigenvalue weighted by Crippen LogP contribution is 2.48. The Labute approximate surface area is 212 Å². The van der Waals surface area contributed by atoms with Crippen molar-refractivity contribution >= 4 is 5.97 Å². The lowest BCUT2D eigenvalue weighted by Gasteiger charge is -2.38. The van der Waals surface area contributed by atoms with Crippen LogP contribution in [0.4, 0.5) is 0 Å². The van der Waals surface area contributed by atoms with Gasteiger partial charge < -0.3 is 24.1 Å². The molecule has 36 heavy (non-hydrogen) atoms. The van der Waals surface area contributed by atoms with Crippen molar-refractivity contribution in [1.82, 2.24) is 0 Å². The van der Waals surface area contributed by atoms with Crippen LogP contribution < -0.4 is 0 Å². The van der Waals surface area contributed by atoms with E-state index in [0.717, 1.165) is 11.1 Å². The van der Waals surface area contributed by atoms with Crippen LogP contribution in [0.15, 0.2) is 97.6 Å². The molecule has 1 fully saturated rings. The molecule has 0 aromatic heterocycles. The van der Waals surface area contributed by atoms with Gasteiger partial charge in [0.2, 0.25) is 0 Å². The SMILES string of the molecule is C=CC[C@]1(c2ccccc2C(=O)O)[C@@H](OC)O[C@H](COCc2ccccc2)[C@@H]1OCc1ccccc1. The summed E-state index contributed by atoms with van der Waals surface area (Å²) in [4.78, 5) is 12.2. The van der Waals surface area contributed by atoms with Crippen LogP contribution in [-0.2, 0) is 37.6 Å². The first-order valence-corrected chi connectivity index (χ1v) is 12.0. The summed E-state index contributed by atoms with van der Waals surface area (Å²) in [5.41, 5.74) is 1.88. The van der Waals surface area contributed by atoms with Crippen molar-refractivity contribution in [1.29, 1.82) is 0 Å². The monoisotopic (exact) mass is 488 g/mol. The first-order valence-electron chi connectivity index (χ1n) is 12.0. The lowest BCUT2D eigenvalue weighted by Crippen LogP contribution is -2.48. The van der Waals surface area contributed by atoms with Gasteiger partial charge in [-0.3, -0.25) is 0 Å². The predicted molar refractivity (Wildman–Crippen MR) is 137 cm³/mol. The number of benzene rings is 3. The van der Waals surface area contributed by atoms with Crippen LogP contribution in [0.1, 0.15) is 33.5 Å². The molecule has 3 aromatic carbocycles. The van der Waals surface area contributed by atoms with Gasteiger partial charge in [0.05, 0.1) is 30.8 Å². The van der Waals surface area contributed by atoms with E-state index in [9.17, 15) is 9.90 Å². The van der Waals surface area contributed by atoms with Crippen LogP contribution in [-0.4, -0.2) is 43.3 Å². The van der Waals surface area contributed by atoms with Crippen molar-refractivity contribution in [3.05, 3.63) is 120 Å². The maximum atomic E-state index is 12.2. The molecule has 0 aliphatic carbocycles. The van der Waals surface area contributed by atoms with Gasteiger partial charge in [-0.05, 0) is 29.2 Å². The number of carbonyl (C=O) groups is 1. The highest BCUT2D eigenvalue weighted by atomic mass is 16.7. The third-order valence-electron chi connectivity index (χ3n) is 6.59. The second kappa shape index (κ2) is 12.1. The third kappa shape index (κ3) is 5.42. The zero-order valence-electron chi connectivity index (χ0n) is 20.4. The fourth-order valence-corrected chi connectivity index (χ4v) is 5.01. The lowest BCUT2D eigenvalue weighted by atomic mass is 9.70. The number of hydrogen-bond acceptors (Lipinski definition) is 5. The molecule has 1 heterocycles. The first kappa shape index (κ1) is 25.8. The quantitative estimate of drug-likeness (QED) is 0.346. The summed E-state index contributed by atoms with van der Waals surface area (Å²) in [6.07, 6.45) is 0.341. The maximum Gasteiger partial charge on any atom is 0.335 e. The Balaban J connectivity index is 1.71. The Hall–Kier alpha value is -3.29. The molecule has 0 unspecified atom stereocenters. The van der Waals surface area contributed by atoms with Gasteiger partial charge in [-0.25, -0.2) is 4.79 Å². The molecule has 1 aliphatic rings. The van der Waals surface area contributed by atoms with Crippen LogP contribution >= 0.6 is 0 Å². The van der Waals surface area contributed by atoms with Crippen molar-refractivity contribution in [2.75, 3.05) is 13.7 Å². The van der Waals surface area contributed by atoms with E-state index in [0.29, 0.717) is 25.2 Å². The minimum Gasteiger partial charge on any atom is -0.478 e. The number of hydrogen-bond donors (Lipinski definition) is 1. The Morgan fingerprint density at radius 2 is 1.58 bits per heavy atom. The topological polar surface area (TPSA) is 74.2 Å². The number of carboxylic acids is 1. The van der Waals surface area contributed by atoms with E-state index in [1.807, 2.05) is 72.8 Å². The summed E-state index contributed by atoms with van der Waals surface area (Å²) in [6.45, 7) is 4.97. The molecule has 1 saturated heterocycles. The molecule has 6 nitrogen and oxygen atoms in total. The molecule has 188 valence electrons. The number of rotatable bonds is 12. The van der Waals surface area contributed by atoms with E-state index < -0.39 is 29.9 Å². The van der Waals surface area contributed by atoms with Crippen molar-refractivity contribution < 1.29 is 28.8 Å². The molecule has 4 atom stereocenters. The van der Waals surface area contributed by atoms with E-state index in [1.165, 1.54) is 0 Å². The molecule has 4 rings (SSSR count). The average molecular weight is 489 g/mol. The highest BCUT2D eigenvalue weighted by molar-refractivity contribution is 5.90. The van der Waals surface area contributed by atoms with Gasteiger partial charge in [-0.2, -0.15) is 0 Å². The summed E-state index contributed by atoms with van der Waals surface area (Å²) in [5.74, 6) is -1.02. The fourth-order valence-electron chi connectivity index (χ4n) is 5.01. The molecule has 3 aromatic rings. The number of allylic oxidation sites excluding steroid dienone is 1. The smallest absolute Gasteiger partial charge is 0.335 e. The van der Waals surface area contributed by atoms with Crippen molar-refractivity contribution in [2.24, 2.45) is 0 Å². The Bertz CT molecular complexity index is 1130. The largest absolute Gasteiger partial charge is 0.478 e. The second-order valence-corrected chi connectivity index (χ2v) is 8.84. The van der Waals surface area contributed by atoms with E-state index in [-0.39, 0.29) is 12.2 Å². The van der Waals surface area contributed by atoms with E-state index in [2.05, 4.69) is 6.58 Å². The van der Waals surface area contributed by atoms with E-state index in [4.69, 9.17) is 18.9 Å². The molecule has 0 amide bonds. The average Bonchev–Trinajstić information content (AvgIpc) is 3.21. The minimum atomic E-state index is -1.02. The molecular formula is C30H32O6. The Morgan fingerprint density at radius 1 is 0.972 bits per heavy atom. The summed E-state index contributed by atoms with van der Waals surface area (Å²) in [5, 5.41) is 10.0.